The highest BCUT2D eigenvalue weighted by Gasteiger charge is 2.24. The van der Waals surface area contributed by atoms with E-state index in [1.165, 1.54) is 18.7 Å². The maximum atomic E-state index is 11.3. The predicted octanol–water partition coefficient (Wildman–Crippen LogP) is -0.807. The van der Waals surface area contributed by atoms with Gasteiger partial charge in [-0.3, -0.25) is 4.79 Å². The van der Waals surface area contributed by atoms with Gasteiger partial charge in [-0.25, -0.2) is 13.1 Å². The number of sulfonamides is 1. The Morgan fingerprint density at radius 3 is 2.56 bits per heavy atom. The highest BCUT2D eigenvalue weighted by Crippen LogP contribution is 2.09. The summed E-state index contributed by atoms with van der Waals surface area (Å²) in [6.07, 6.45) is 1.80. The third-order valence-corrected chi connectivity index (χ3v) is 3.77. The first-order valence-electron chi connectivity index (χ1n) is 4.48. The third kappa shape index (κ3) is 7.04. The molecule has 0 spiro atoms. The van der Waals surface area contributed by atoms with Crippen LogP contribution in [0.3, 0.4) is 0 Å². The van der Waals surface area contributed by atoms with Crippen molar-refractivity contribution >= 4 is 27.8 Å². The molecule has 1 atom stereocenters. The first kappa shape index (κ1) is 15.7. The van der Waals surface area contributed by atoms with E-state index >= 15 is 0 Å². The molecule has 0 aromatic carbocycles. The molecule has 0 rings (SSSR count). The van der Waals surface area contributed by atoms with Crippen LogP contribution >= 0.6 is 11.8 Å². The fourth-order valence-electron chi connectivity index (χ4n) is 0.893. The molecule has 0 fully saturated rings. The normalized spacial score (nSPS) is 15.5. The Hall–Kier alpha value is -0.310. The first-order chi connectivity index (χ1) is 7.22. The molecule has 0 aliphatic heterocycles. The minimum absolute atomic E-state index is 0.132. The number of rotatable bonds is 7. The van der Waals surface area contributed by atoms with Crippen molar-refractivity contribution in [2.45, 2.75) is 12.5 Å². The molecular weight excluding hydrogens is 254 g/mol. The van der Waals surface area contributed by atoms with Gasteiger partial charge in [0, 0.05) is 12.3 Å². The topological polar surface area (TPSA) is 92.7 Å². The van der Waals surface area contributed by atoms with Crippen LogP contribution in [0.2, 0.25) is 0 Å². The van der Waals surface area contributed by atoms with E-state index in [4.69, 9.17) is 0 Å². The molecule has 0 saturated heterocycles. The highest BCUT2D eigenvalue weighted by molar-refractivity contribution is 7.98. The number of carbonyl (C=O) groups excluding carboxylic acids is 1. The van der Waals surface area contributed by atoms with E-state index in [-0.39, 0.29) is 6.54 Å². The summed E-state index contributed by atoms with van der Waals surface area (Å²) in [7, 11) is -2.63. The Morgan fingerprint density at radius 2 is 2.12 bits per heavy atom. The Bertz CT molecular complexity index is 325. The number of esters is 1. The lowest BCUT2D eigenvalue weighted by Crippen LogP contribution is -2.44. The standard InChI is InChI=1S/C8H17NO5S2/c1-8(11,6-15-3)5-9-16(12,13)4-7(10)14-2/h9,11H,4-6H2,1-3H3. The fraction of sp³-hybridized carbons (Fsp3) is 0.875. The number of methoxy groups -OCH3 is 1. The van der Waals surface area contributed by atoms with Gasteiger partial charge in [0.05, 0.1) is 12.7 Å². The molecule has 8 heteroatoms. The van der Waals surface area contributed by atoms with E-state index in [0.717, 1.165) is 7.11 Å². The smallest absolute Gasteiger partial charge is 0.322 e. The van der Waals surface area contributed by atoms with Crippen molar-refractivity contribution in [3.63, 3.8) is 0 Å². The van der Waals surface area contributed by atoms with Crippen LogP contribution in [-0.2, 0) is 19.6 Å². The summed E-state index contributed by atoms with van der Waals surface area (Å²) in [5.41, 5.74) is -1.14. The second-order valence-electron chi connectivity index (χ2n) is 3.59. The molecule has 0 aromatic rings. The maximum Gasteiger partial charge on any atom is 0.322 e. The maximum absolute atomic E-state index is 11.3. The van der Waals surface area contributed by atoms with Gasteiger partial charge in [-0.2, -0.15) is 11.8 Å². The van der Waals surface area contributed by atoms with E-state index in [2.05, 4.69) is 9.46 Å². The van der Waals surface area contributed by atoms with E-state index in [9.17, 15) is 18.3 Å². The van der Waals surface area contributed by atoms with Crippen molar-refractivity contribution in [2.75, 3.05) is 31.4 Å². The fourth-order valence-corrected chi connectivity index (χ4v) is 2.68. The van der Waals surface area contributed by atoms with Gasteiger partial charge < -0.3 is 9.84 Å². The molecule has 0 amide bonds. The molecule has 0 saturated carbocycles. The molecule has 0 aromatic heterocycles. The van der Waals surface area contributed by atoms with Crippen LogP contribution in [0, 0.1) is 0 Å². The molecule has 0 aliphatic carbocycles. The van der Waals surface area contributed by atoms with Gasteiger partial charge >= 0.3 is 5.97 Å². The zero-order valence-corrected chi connectivity index (χ0v) is 11.2. The summed E-state index contributed by atoms with van der Waals surface area (Å²) in [4.78, 5) is 10.8. The summed E-state index contributed by atoms with van der Waals surface area (Å²) in [6, 6.07) is 0. The monoisotopic (exact) mass is 271 g/mol. The summed E-state index contributed by atoms with van der Waals surface area (Å²) in [5.74, 6) is -1.18. The second kappa shape index (κ2) is 6.43. The Kier molecular flexibility index (Phi) is 6.31. The molecule has 0 heterocycles. The summed E-state index contributed by atoms with van der Waals surface area (Å²) in [6.45, 7) is 1.39. The lowest BCUT2D eigenvalue weighted by Gasteiger charge is -2.22. The zero-order chi connectivity index (χ0) is 12.8. The molecule has 16 heavy (non-hydrogen) atoms. The van der Waals surface area contributed by atoms with Crippen LogP contribution in [0.5, 0.6) is 0 Å². The number of nitrogens with one attached hydrogen (secondary N) is 1. The predicted molar refractivity (Wildman–Crippen MR) is 62.8 cm³/mol. The molecule has 0 bridgehead atoms. The minimum atomic E-state index is -3.74. The first-order valence-corrected chi connectivity index (χ1v) is 7.52. The third-order valence-electron chi connectivity index (χ3n) is 1.66. The van der Waals surface area contributed by atoms with Gasteiger partial charge in [0.2, 0.25) is 10.0 Å². The van der Waals surface area contributed by atoms with Crippen LogP contribution in [0.1, 0.15) is 6.92 Å². The van der Waals surface area contributed by atoms with Crippen LogP contribution in [0.15, 0.2) is 0 Å². The Morgan fingerprint density at radius 1 is 1.56 bits per heavy atom. The SMILES string of the molecule is COC(=O)CS(=O)(=O)NCC(C)(O)CSC. The molecule has 96 valence electrons. The van der Waals surface area contributed by atoms with Gasteiger partial charge in [-0.1, -0.05) is 0 Å². The Balaban J connectivity index is 4.24. The van der Waals surface area contributed by atoms with E-state index in [0.29, 0.717) is 5.75 Å². The molecule has 0 aliphatic rings. The molecule has 0 radical (unpaired) electrons. The van der Waals surface area contributed by atoms with E-state index in [1.54, 1.807) is 6.26 Å². The number of hydrogen-bond donors (Lipinski definition) is 2. The molecular formula is C8H17NO5S2. The van der Waals surface area contributed by atoms with Gasteiger partial charge in [-0.05, 0) is 13.2 Å². The zero-order valence-electron chi connectivity index (χ0n) is 9.52. The number of carbonyl (C=O) groups is 1. The highest BCUT2D eigenvalue weighted by atomic mass is 32.2. The van der Waals surface area contributed by atoms with Crippen molar-refractivity contribution in [2.24, 2.45) is 0 Å². The average molecular weight is 271 g/mol. The van der Waals surface area contributed by atoms with Gasteiger partial charge in [0.25, 0.3) is 0 Å². The molecule has 6 nitrogen and oxygen atoms in total. The summed E-state index contributed by atoms with van der Waals surface area (Å²) < 4.78 is 29.0. The van der Waals surface area contributed by atoms with Crippen LogP contribution in [-0.4, -0.2) is 56.5 Å². The van der Waals surface area contributed by atoms with Crippen LogP contribution in [0.4, 0.5) is 0 Å². The lowest BCUT2D eigenvalue weighted by atomic mass is 10.1. The van der Waals surface area contributed by atoms with Crippen molar-refractivity contribution in [3.05, 3.63) is 0 Å². The number of hydrogen-bond acceptors (Lipinski definition) is 6. The quantitative estimate of drug-likeness (QED) is 0.589. The summed E-state index contributed by atoms with van der Waals surface area (Å²) in [5, 5.41) is 9.71. The van der Waals surface area contributed by atoms with Crippen molar-refractivity contribution in [1.29, 1.82) is 0 Å². The van der Waals surface area contributed by atoms with Gasteiger partial charge in [0.1, 0.15) is 0 Å². The van der Waals surface area contributed by atoms with Crippen molar-refractivity contribution in [3.8, 4) is 0 Å². The van der Waals surface area contributed by atoms with Crippen LogP contribution in [0.25, 0.3) is 0 Å². The van der Waals surface area contributed by atoms with Crippen molar-refractivity contribution < 1.29 is 23.1 Å². The average Bonchev–Trinajstić information content (AvgIpc) is 2.14. The van der Waals surface area contributed by atoms with Gasteiger partial charge in [0.15, 0.2) is 5.75 Å². The number of ether oxygens (including phenoxy) is 1. The minimum Gasteiger partial charge on any atom is -0.468 e. The van der Waals surface area contributed by atoms with E-state index < -0.39 is 27.3 Å². The van der Waals surface area contributed by atoms with Crippen molar-refractivity contribution in [1.82, 2.24) is 4.72 Å². The van der Waals surface area contributed by atoms with Gasteiger partial charge in [-0.15, -0.1) is 0 Å². The number of aliphatic hydroxyl groups is 1. The lowest BCUT2D eigenvalue weighted by molar-refractivity contribution is -0.137. The molecule has 1 unspecified atom stereocenters. The summed E-state index contributed by atoms with van der Waals surface area (Å²) >= 11 is 1.40. The molecule has 2 N–H and O–H groups in total. The number of thioether (sulfide) groups is 1. The van der Waals surface area contributed by atoms with Crippen LogP contribution < -0.4 is 4.72 Å². The Labute approximate surface area is 99.8 Å². The second-order valence-corrected chi connectivity index (χ2v) is 6.26. The largest absolute Gasteiger partial charge is 0.468 e. The van der Waals surface area contributed by atoms with E-state index in [1.807, 2.05) is 0 Å².